The first-order valence-corrected chi connectivity index (χ1v) is 11.0. The molecule has 2 aliphatic heterocycles. The van der Waals surface area contributed by atoms with Crippen molar-refractivity contribution >= 4 is 23.1 Å². The molecule has 0 unspecified atom stereocenters. The molecule has 3 fully saturated rings. The summed E-state index contributed by atoms with van der Waals surface area (Å²) in [4.78, 5) is 24.8. The van der Waals surface area contributed by atoms with Crippen LogP contribution in [0, 0.1) is 5.92 Å². The molecule has 31 heavy (non-hydrogen) atoms. The van der Waals surface area contributed by atoms with Crippen molar-refractivity contribution in [3.05, 3.63) is 48.2 Å². The van der Waals surface area contributed by atoms with Gasteiger partial charge in [0.15, 0.2) is 5.65 Å². The number of rotatable bonds is 1. The van der Waals surface area contributed by atoms with Gasteiger partial charge in [-0.3, -0.25) is 9.79 Å². The van der Waals surface area contributed by atoms with E-state index in [1.54, 1.807) is 10.7 Å². The van der Waals surface area contributed by atoms with Crippen LogP contribution in [0.15, 0.2) is 47.6 Å². The van der Waals surface area contributed by atoms with Crippen LogP contribution in [0.3, 0.4) is 0 Å². The standard InChI is InChI=1S/C23H25FN6O/c1-14(24)12-25-18-3-6-22(7-8-22)28-21(31)17-13-26-30-10-5-19(27-20(17)30)29-9-4-16-11-23(16,29)15(18)2/h5,10,12-13,16H,2-4,6-9,11H2,1H3,(H,28,31)/b14-12+,25-18?/t16-,23-/m0/s1. The number of carbonyl (C=O) groups excluding carboxylic acids is 1. The average Bonchev–Trinajstić information content (AvgIpc) is 3.58. The van der Waals surface area contributed by atoms with E-state index >= 15 is 0 Å². The fraction of sp³-hybridized carbons (Fsp3) is 0.478. The third-order valence-electron chi connectivity index (χ3n) is 7.47. The van der Waals surface area contributed by atoms with Gasteiger partial charge in [0, 0.05) is 24.0 Å². The number of nitrogens with one attached hydrogen (secondary N) is 1. The molecule has 0 aromatic carbocycles. The number of aromatic nitrogens is 3. The van der Waals surface area contributed by atoms with Crippen LogP contribution in [0.25, 0.3) is 5.65 Å². The van der Waals surface area contributed by atoms with E-state index in [9.17, 15) is 9.18 Å². The highest BCUT2D eigenvalue weighted by molar-refractivity contribution is 6.04. The van der Waals surface area contributed by atoms with Crippen molar-refractivity contribution in [2.75, 3.05) is 11.4 Å². The summed E-state index contributed by atoms with van der Waals surface area (Å²) in [6.45, 7) is 6.75. The normalized spacial score (nSPS) is 30.6. The summed E-state index contributed by atoms with van der Waals surface area (Å²) >= 11 is 0. The van der Waals surface area contributed by atoms with Crippen LogP contribution >= 0.6 is 0 Å². The van der Waals surface area contributed by atoms with E-state index in [1.165, 1.54) is 13.1 Å². The van der Waals surface area contributed by atoms with Crippen molar-refractivity contribution in [1.82, 2.24) is 19.9 Å². The molecule has 2 spiro atoms. The van der Waals surface area contributed by atoms with Gasteiger partial charge in [-0.15, -0.1) is 0 Å². The number of anilines is 1. The summed E-state index contributed by atoms with van der Waals surface area (Å²) in [7, 11) is 0. The third kappa shape index (κ3) is 2.77. The Morgan fingerprint density at radius 1 is 1.42 bits per heavy atom. The van der Waals surface area contributed by atoms with Gasteiger partial charge in [-0.2, -0.15) is 5.10 Å². The molecule has 0 radical (unpaired) electrons. The molecule has 6 rings (SSSR count). The number of fused-ring (bicyclic) bond motifs is 2. The summed E-state index contributed by atoms with van der Waals surface area (Å²) in [5.41, 5.74) is 2.39. The summed E-state index contributed by atoms with van der Waals surface area (Å²) in [6.07, 6.45) is 10.1. The number of hydrogen-bond acceptors (Lipinski definition) is 5. The lowest BCUT2D eigenvalue weighted by Crippen LogP contribution is -2.40. The maximum absolute atomic E-state index is 13.5. The van der Waals surface area contributed by atoms with Crippen molar-refractivity contribution in [3.8, 4) is 0 Å². The topological polar surface area (TPSA) is 74.9 Å². The van der Waals surface area contributed by atoms with Crippen LogP contribution in [0.2, 0.25) is 0 Å². The molecule has 2 bridgehead atoms. The van der Waals surface area contributed by atoms with Crippen LogP contribution in [-0.2, 0) is 0 Å². The van der Waals surface area contributed by atoms with Crippen molar-refractivity contribution < 1.29 is 9.18 Å². The Kier molecular flexibility index (Phi) is 3.77. The van der Waals surface area contributed by atoms with E-state index < -0.39 is 0 Å². The number of piperidine rings is 1. The molecule has 7 nitrogen and oxygen atoms in total. The largest absolute Gasteiger partial charge is 0.346 e. The van der Waals surface area contributed by atoms with Crippen molar-refractivity contribution in [2.24, 2.45) is 10.9 Å². The quantitative estimate of drug-likeness (QED) is 0.765. The van der Waals surface area contributed by atoms with Crippen LogP contribution < -0.4 is 10.2 Å². The minimum Gasteiger partial charge on any atom is -0.346 e. The zero-order valence-electron chi connectivity index (χ0n) is 17.6. The lowest BCUT2D eigenvalue weighted by molar-refractivity contribution is 0.0931. The van der Waals surface area contributed by atoms with E-state index in [-0.39, 0.29) is 22.8 Å². The van der Waals surface area contributed by atoms with Crippen molar-refractivity contribution in [2.45, 2.75) is 56.5 Å². The predicted molar refractivity (Wildman–Crippen MR) is 116 cm³/mol. The first-order chi connectivity index (χ1) is 14.9. The maximum atomic E-state index is 13.5. The molecule has 2 aromatic heterocycles. The van der Waals surface area contributed by atoms with Crippen LogP contribution in [-0.4, -0.2) is 43.8 Å². The fourth-order valence-electron chi connectivity index (χ4n) is 5.46. The number of hydrogen-bond donors (Lipinski definition) is 1. The lowest BCUT2D eigenvalue weighted by Gasteiger charge is -2.32. The minimum absolute atomic E-state index is 0.145. The number of halogens is 1. The molecule has 4 aliphatic rings. The highest BCUT2D eigenvalue weighted by atomic mass is 19.1. The second kappa shape index (κ2) is 6.24. The molecule has 2 aromatic rings. The number of amides is 1. The molecule has 160 valence electrons. The van der Waals surface area contributed by atoms with Gasteiger partial charge in [0.1, 0.15) is 17.2 Å². The molecular weight excluding hydrogens is 395 g/mol. The van der Waals surface area contributed by atoms with Crippen LogP contribution in [0.4, 0.5) is 10.2 Å². The number of aliphatic imine (C=N–C) groups is 1. The minimum atomic E-state index is -0.328. The van der Waals surface area contributed by atoms with Gasteiger partial charge in [0.2, 0.25) is 0 Å². The molecule has 4 heterocycles. The maximum Gasteiger partial charge on any atom is 0.257 e. The molecular formula is C23H25FN6O. The Balaban J connectivity index is 1.50. The zero-order chi connectivity index (χ0) is 21.4. The second-order valence-corrected chi connectivity index (χ2v) is 9.38. The summed E-state index contributed by atoms with van der Waals surface area (Å²) in [5.74, 6) is 0.849. The van der Waals surface area contributed by atoms with Crippen LogP contribution in [0.5, 0.6) is 0 Å². The van der Waals surface area contributed by atoms with Gasteiger partial charge in [0.05, 0.1) is 17.9 Å². The SMILES string of the molecule is C=C1C(=N/C=C(\C)F)CCC2(CC2)NC(=O)c2cnn3ccc(nc23)N2CC[C@H]3C[C@]132. The predicted octanol–water partition coefficient (Wildman–Crippen LogP) is 3.58. The highest BCUT2D eigenvalue weighted by Crippen LogP contribution is 2.61. The Morgan fingerprint density at radius 3 is 3.00 bits per heavy atom. The molecule has 1 saturated heterocycles. The highest BCUT2D eigenvalue weighted by Gasteiger charge is 2.64. The second-order valence-electron chi connectivity index (χ2n) is 9.38. The van der Waals surface area contributed by atoms with E-state index in [2.05, 4.69) is 26.9 Å². The summed E-state index contributed by atoms with van der Waals surface area (Å²) < 4.78 is 15.2. The third-order valence-corrected chi connectivity index (χ3v) is 7.47. The fourth-order valence-corrected chi connectivity index (χ4v) is 5.46. The van der Waals surface area contributed by atoms with E-state index in [0.29, 0.717) is 23.5 Å². The molecule has 8 heteroatoms. The molecule has 1 amide bonds. The van der Waals surface area contributed by atoms with E-state index in [0.717, 1.165) is 55.8 Å². The molecule has 2 aliphatic carbocycles. The number of nitrogens with zero attached hydrogens (tertiary/aromatic N) is 5. The van der Waals surface area contributed by atoms with Gasteiger partial charge >= 0.3 is 0 Å². The molecule has 1 N–H and O–H groups in total. The average molecular weight is 420 g/mol. The lowest BCUT2D eigenvalue weighted by atomic mass is 9.94. The summed E-state index contributed by atoms with van der Waals surface area (Å²) in [5, 5.41) is 7.54. The van der Waals surface area contributed by atoms with Gasteiger partial charge in [-0.1, -0.05) is 6.58 Å². The number of allylic oxidation sites excluding steroid dienone is 1. The van der Waals surface area contributed by atoms with Crippen LogP contribution in [0.1, 0.15) is 55.8 Å². The van der Waals surface area contributed by atoms with E-state index in [1.807, 2.05) is 12.3 Å². The Labute approximate surface area is 179 Å². The van der Waals surface area contributed by atoms with Crippen molar-refractivity contribution in [1.29, 1.82) is 0 Å². The van der Waals surface area contributed by atoms with Gasteiger partial charge in [-0.25, -0.2) is 13.9 Å². The smallest absolute Gasteiger partial charge is 0.257 e. The zero-order valence-corrected chi connectivity index (χ0v) is 17.6. The Hall–Kier alpha value is -3.03. The van der Waals surface area contributed by atoms with Crippen molar-refractivity contribution in [3.63, 3.8) is 0 Å². The van der Waals surface area contributed by atoms with Gasteiger partial charge in [-0.05, 0) is 63.0 Å². The first kappa shape index (κ1) is 18.7. The Morgan fingerprint density at radius 2 is 2.26 bits per heavy atom. The molecule has 2 saturated carbocycles. The number of carbonyl (C=O) groups is 1. The molecule has 2 atom stereocenters. The first-order valence-electron chi connectivity index (χ1n) is 11.0. The van der Waals surface area contributed by atoms with E-state index in [4.69, 9.17) is 4.98 Å². The van der Waals surface area contributed by atoms with Gasteiger partial charge in [0.25, 0.3) is 5.91 Å². The monoisotopic (exact) mass is 420 g/mol. The van der Waals surface area contributed by atoms with Gasteiger partial charge < -0.3 is 10.2 Å². The summed E-state index contributed by atoms with van der Waals surface area (Å²) in [6, 6.07) is 1.95. The Bertz CT molecular complexity index is 1190.